The van der Waals surface area contributed by atoms with Gasteiger partial charge in [0.15, 0.2) is 5.78 Å². The number of benzene rings is 2. The molecule has 0 bridgehead atoms. The van der Waals surface area contributed by atoms with Gasteiger partial charge < -0.3 is 14.6 Å². The predicted octanol–water partition coefficient (Wildman–Crippen LogP) is 8.15. The highest BCUT2D eigenvalue weighted by Gasteiger charge is 2.16. The fourth-order valence-corrected chi connectivity index (χ4v) is 7.76. The molecule has 206 valence electrons. The molecule has 1 aliphatic heterocycles. The highest BCUT2D eigenvalue weighted by atomic mass is 33.1. The van der Waals surface area contributed by atoms with Crippen LogP contribution < -0.4 is 9.47 Å². The number of unbranched alkanes of at least 4 members (excludes halogenated alkanes) is 2. The van der Waals surface area contributed by atoms with Gasteiger partial charge in [0.2, 0.25) is 0 Å². The Morgan fingerprint density at radius 2 is 1.74 bits per heavy atom. The second kappa shape index (κ2) is 14.7. The normalized spacial score (nSPS) is 16.1. The Bertz CT molecular complexity index is 1130. The second-order valence-electron chi connectivity index (χ2n) is 10.2. The zero-order valence-corrected chi connectivity index (χ0v) is 24.8. The van der Waals surface area contributed by atoms with Gasteiger partial charge in [-0.25, -0.2) is 0 Å². The van der Waals surface area contributed by atoms with E-state index in [-0.39, 0.29) is 12.2 Å². The van der Waals surface area contributed by atoms with E-state index in [1.807, 2.05) is 73.5 Å². The summed E-state index contributed by atoms with van der Waals surface area (Å²) in [5.41, 5.74) is 5.22. The van der Waals surface area contributed by atoms with Gasteiger partial charge >= 0.3 is 5.97 Å². The quantitative estimate of drug-likeness (QED) is 0.109. The van der Waals surface area contributed by atoms with E-state index in [1.54, 1.807) is 19.1 Å². The molecular weight excluding hydrogens is 516 g/mol. The van der Waals surface area contributed by atoms with Gasteiger partial charge in [0, 0.05) is 22.1 Å². The Kier molecular flexibility index (Phi) is 11.7. The molecule has 0 saturated carbocycles. The van der Waals surface area contributed by atoms with E-state index in [2.05, 4.69) is 0 Å². The fraction of sp³-hybridized carbons (Fsp3) is 0.484. The molecule has 0 amide bonds. The maximum absolute atomic E-state index is 13.1. The summed E-state index contributed by atoms with van der Waals surface area (Å²) in [5.74, 6) is 1.75. The lowest BCUT2D eigenvalue weighted by Gasteiger charge is -2.18. The molecule has 2 aromatic rings. The first kappa shape index (κ1) is 30.2. The highest BCUT2D eigenvalue weighted by Crippen LogP contribution is 2.40. The minimum absolute atomic E-state index is 0.0960. The number of allylic oxidation sites excluding steroid dienone is 1. The van der Waals surface area contributed by atoms with Crippen molar-refractivity contribution < 1.29 is 24.2 Å². The van der Waals surface area contributed by atoms with E-state index in [9.17, 15) is 9.59 Å². The van der Waals surface area contributed by atoms with Crippen LogP contribution in [0.4, 0.5) is 0 Å². The van der Waals surface area contributed by atoms with Crippen molar-refractivity contribution >= 4 is 39.4 Å². The largest absolute Gasteiger partial charge is 0.493 e. The Hall–Kier alpha value is -2.38. The van der Waals surface area contributed by atoms with Crippen LogP contribution in [0.1, 0.15) is 83.6 Å². The van der Waals surface area contributed by atoms with Gasteiger partial charge in [0.1, 0.15) is 17.6 Å². The average molecular weight is 557 g/mol. The first-order valence-electron chi connectivity index (χ1n) is 13.4. The van der Waals surface area contributed by atoms with Gasteiger partial charge in [-0.3, -0.25) is 9.59 Å². The molecule has 0 radical (unpaired) electrons. The minimum atomic E-state index is -0.912. The molecule has 38 heavy (non-hydrogen) atoms. The summed E-state index contributed by atoms with van der Waals surface area (Å²) >= 11 is 0. The fourth-order valence-electron chi connectivity index (χ4n) is 4.73. The molecule has 1 heterocycles. The zero-order valence-electron chi connectivity index (χ0n) is 23.2. The summed E-state index contributed by atoms with van der Waals surface area (Å²) in [7, 11) is 4.05. The summed E-state index contributed by atoms with van der Waals surface area (Å²) in [4.78, 5) is 24.1. The molecule has 7 heteroatoms. The summed E-state index contributed by atoms with van der Waals surface area (Å²) in [6.45, 7) is 10.3. The number of aliphatic carboxylic acids is 1. The lowest BCUT2D eigenvalue weighted by molar-refractivity contribution is -0.138. The summed E-state index contributed by atoms with van der Waals surface area (Å²) in [5, 5.41) is 9.91. The van der Waals surface area contributed by atoms with E-state index in [4.69, 9.17) is 14.6 Å². The number of carbonyl (C=O) groups is 2. The van der Waals surface area contributed by atoms with Crippen LogP contribution in [0.3, 0.4) is 0 Å². The number of hydrogen-bond donors (Lipinski definition) is 1. The minimum Gasteiger partial charge on any atom is -0.493 e. The van der Waals surface area contributed by atoms with Crippen molar-refractivity contribution in [1.82, 2.24) is 0 Å². The first-order valence-corrected chi connectivity index (χ1v) is 15.8. The van der Waals surface area contributed by atoms with Crippen LogP contribution in [-0.2, 0) is 4.79 Å². The first-order chi connectivity index (χ1) is 18.1. The third kappa shape index (κ3) is 9.12. The molecule has 1 fully saturated rings. The van der Waals surface area contributed by atoms with Crippen LogP contribution in [0, 0.1) is 27.7 Å². The Labute approximate surface area is 235 Å². The molecule has 0 aromatic heterocycles. The van der Waals surface area contributed by atoms with Crippen LogP contribution >= 0.6 is 21.6 Å². The zero-order chi connectivity index (χ0) is 27.7. The van der Waals surface area contributed by atoms with Crippen molar-refractivity contribution in [1.29, 1.82) is 0 Å². The Morgan fingerprint density at radius 1 is 1.03 bits per heavy atom. The van der Waals surface area contributed by atoms with Crippen molar-refractivity contribution in [2.45, 2.75) is 84.5 Å². The molecule has 1 saturated heterocycles. The summed E-state index contributed by atoms with van der Waals surface area (Å²) in [6, 6.07) is 7.70. The van der Waals surface area contributed by atoms with Gasteiger partial charge in [0.25, 0.3) is 0 Å². The van der Waals surface area contributed by atoms with Crippen molar-refractivity contribution in [2.75, 3.05) is 12.4 Å². The van der Waals surface area contributed by atoms with Crippen molar-refractivity contribution in [3.63, 3.8) is 0 Å². The number of carbonyl (C=O) groups excluding carboxylic acids is 1. The van der Waals surface area contributed by atoms with E-state index < -0.39 is 12.1 Å². The van der Waals surface area contributed by atoms with Crippen LogP contribution in [0.5, 0.6) is 11.5 Å². The van der Waals surface area contributed by atoms with Gasteiger partial charge in [0.05, 0.1) is 13.0 Å². The topological polar surface area (TPSA) is 72.8 Å². The number of carboxylic acids is 1. The van der Waals surface area contributed by atoms with E-state index in [0.29, 0.717) is 17.9 Å². The van der Waals surface area contributed by atoms with Crippen molar-refractivity contribution in [3.8, 4) is 11.5 Å². The smallest absolute Gasteiger partial charge is 0.307 e. The molecule has 0 spiro atoms. The van der Waals surface area contributed by atoms with E-state index in [0.717, 1.165) is 45.2 Å². The van der Waals surface area contributed by atoms with Gasteiger partial charge in [-0.1, -0.05) is 46.1 Å². The lowest BCUT2D eigenvalue weighted by Crippen LogP contribution is -2.17. The lowest BCUT2D eigenvalue weighted by atomic mass is 10.0. The number of aryl methyl sites for hydroxylation is 4. The van der Waals surface area contributed by atoms with Crippen LogP contribution in [0.25, 0.3) is 6.08 Å². The maximum Gasteiger partial charge on any atom is 0.307 e. The number of ether oxygens (including phenoxy) is 2. The second-order valence-corrected chi connectivity index (χ2v) is 13.0. The summed E-state index contributed by atoms with van der Waals surface area (Å²) < 4.78 is 12.1. The Morgan fingerprint density at radius 3 is 2.39 bits per heavy atom. The van der Waals surface area contributed by atoms with Gasteiger partial charge in [-0.15, -0.1) is 0 Å². The predicted molar refractivity (Wildman–Crippen MR) is 160 cm³/mol. The molecular formula is C31H40O5S2. The van der Waals surface area contributed by atoms with Gasteiger partial charge in [-0.2, -0.15) is 0 Å². The number of carboxylic acid groups (broad SMARTS) is 1. The molecule has 2 atom stereocenters. The molecule has 2 aromatic carbocycles. The third-order valence-corrected chi connectivity index (χ3v) is 9.54. The SMILES string of the molecule is Cc1cc(C)c(OC(C)CC(=O)O)c(/C=C/C(=O)c2cc(C)c(OCCCCCC3CCSS3)c(C)c2)c1. The molecule has 2 unspecified atom stereocenters. The van der Waals surface area contributed by atoms with Crippen LogP contribution in [0.15, 0.2) is 30.3 Å². The molecule has 3 rings (SSSR count). The average Bonchev–Trinajstić information content (AvgIpc) is 3.36. The van der Waals surface area contributed by atoms with Crippen LogP contribution in [0.2, 0.25) is 0 Å². The molecule has 5 nitrogen and oxygen atoms in total. The van der Waals surface area contributed by atoms with Gasteiger partial charge in [-0.05, 0) is 101 Å². The van der Waals surface area contributed by atoms with E-state index >= 15 is 0 Å². The number of ketones is 1. The molecule has 0 aliphatic carbocycles. The summed E-state index contributed by atoms with van der Waals surface area (Å²) in [6.07, 6.45) is 8.85. The Balaban J connectivity index is 1.61. The maximum atomic E-state index is 13.1. The monoisotopic (exact) mass is 556 g/mol. The number of rotatable bonds is 14. The highest BCUT2D eigenvalue weighted by molar-refractivity contribution is 8.77. The number of hydrogen-bond acceptors (Lipinski definition) is 6. The molecule has 1 N–H and O–H groups in total. The van der Waals surface area contributed by atoms with Crippen molar-refractivity contribution in [3.05, 3.63) is 63.7 Å². The van der Waals surface area contributed by atoms with Crippen molar-refractivity contribution in [2.24, 2.45) is 0 Å². The molecule has 1 aliphatic rings. The third-order valence-electron chi connectivity index (χ3n) is 6.53. The van der Waals surface area contributed by atoms with Crippen LogP contribution in [-0.4, -0.2) is 40.6 Å². The van der Waals surface area contributed by atoms with E-state index in [1.165, 1.54) is 31.4 Å². The standard InChI is InChI=1S/C31H40O5S2/c1-20-15-21(2)31(36-24(5)19-29(33)34)25(16-20)10-11-28(32)26-17-22(3)30(23(4)18-26)35-13-8-6-7-9-27-12-14-37-38-27/h10-11,15-18,24,27H,6-9,12-14,19H2,1-5H3,(H,33,34)/b11-10+.